The summed E-state index contributed by atoms with van der Waals surface area (Å²) in [6, 6.07) is 12.9. The van der Waals surface area contributed by atoms with E-state index < -0.39 is 6.36 Å². The summed E-state index contributed by atoms with van der Waals surface area (Å²) >= 11 is 0. The van der Waals surface area contributed by atoms with E-state index in [-0.39, 0.29) is 42.2 Å². The van der Waals surface area contributed by atoms with Crippen molar-refractivity contribution in [1.29, 1.82) is 0 Å². The van der Waals surface area contributed by atoms with Crippen molar-refractivity contribution >= 4 is 35.8 Å². The molecule has 6 nitrogen and oxygen atoms in total. The van der Waals surface area contributed by atoms with Crippen LogP contribution in [0.2, 0.25) is 0 Å². The molecule has 0 radical (unpaired) electrons. The van der Waals surface area contributed by atoms with Gasteiger partial charge in [0.1, 0.15) is 5.75 Å². The second-order valence-electron chi connectivity index (χ2n) is 5.98. The van der Waals surface area contributed by atoms with E-state index in [2.05, 4.69) is 25.7 Å². The molecule has 1 amide bonds. The fourth-order valence-electron chi connectivity index (χ4n) is 2.47. The lowest BCUT2D eigenvalue weighted by Crippen LogP contribution is -2.37. The van der Waals surface area contributed by atoms with Gasteiger partial charge in [-0.3, -0.25) is 4.79 Å². The number of ether oxygens (including phenoxy) is 1. The molecule has 0 bridgehead atoms. The van der Waals surface area contributed by atoms with Crippen molar-refractivity contribution in [1.82, 2.24) is 16.0 Å². The summed E-state index contributed by atoms with van der Waals surface area (Å²) < 4.78 is 41.7. The first-order valence-corrected chi connectivity index (χ1v) is 8.99. The van der Waals surface area contributed by atoms with Crippen LogP contribution in [-0.4, -0.2) is 31.8 Å². The van der Waals surface area contributed by atoms with Gasteiger partial charge in [0.25, 0.3) is 5.91 Å². The largest absolute Gasteiger partial charge is 0.573 e. The van der Waals surface area contributed by atoms with E-state index in [0.717, 1.165) is 5.56 Å². The lowest BCUT2D eigenvalue weighted by Gasteiger charge is -2.15. The number of aliphatic imine (C=N–C) groups is 1. The van der Waals surface area contributed by atoms with Crippen LogP contribution in [0.5, 0.6) is 5.75 Å². The summed E-state index contributed by atoms with van der Waals surface area (Å²) in [5.41, 5.74) is 1.78. The lowest BCUT2D eigenvalue weighted by molar-refractivity contribution is -0.274. The Morgan fingerprint density at radius 1 is 1.07 bits per heavy atom. The van der Waals surface area contributed by atoms with Crippen molar-refractivity contribution in [3.63, 3.8) is 0 Å². The predicted molar refractivity (Wildman–Crippen MR) is 120 cm³/mol. The number of amides is 1. The van der Waals surface area contributed by atoms with Crippen LogP contribution in [0.3, 0.4) is 0 Å². The van der Waals surface area contributed by atoms with Crippen molar-refractivity contribution in [2.75, 3.05) is 13.6 Å². The van der Waals surface area contributed by atoms with Gasteiger partial charge in [0.05, 0.1) is 6.54 Å². The predicted octanol–water partition coefficient (Wildman–Crippen LogP) is 3.82. The third-order valence-corrected chi connectivity index (χ3v) is 3.85. The summed E-state index contributed by atoms with van der Waals surface area (Å²) in [4.78, 5) is 16.0. The number of benzene rings is 2. The SMILES string of the molecule is CCNC(=NCc1ccc(C(=O)NC)cc1)NCc1ccccc1OC(F)(F)F.I. The normalized spacial score (nSPS) is 11.3. The molecule has 164 valence electrons. The van der Waals surface area contributed by atoms with Gasteiger partial charge in [0.2, 0.25) is 0 Å². The topological polar surface area (TPSA) is 74.8 Å². The Morgan fingerprint density at radius 2 is 1.73 bits per heavy atom. The number of rotatable bonds is 7. The number of alkyl halides is 3. The molecule has 0 aromatic heterocycles. The molecule has 2 aromatic rings. The Labute approximate surface area is 190 Å². The monoisotopic (exact) mass is 536 g/mol. The van der Waals surface area contributed by atoms with Crippen LogP contribution in [-0.2, 0) is 13.1 Å². The number of carbonyl (C=O) groups is 1. The second kappa shape index (κ2) is 12.3. The van der Waals surface area contributed by atoms with E-state index in [1.165, 1.54) is 12.1 Å². The van der Waals surface area contributed by atoms with Crippen LogP contribution in [0.15, 0.2) is 53.5 Å². The van der Waals surface area contributed by atoms with Crippen LogP contribution in [0.25, 0.3) is 0 Å². The third-order valence-electron chi connectivity index (χ3n) is 3.85. The van der Waals surface area contributed by atoms with E-state index in [1.807, 2.05) is 6.92 Å². The Bertz CT molecular complexity index is 843. The molecule has 0 aliphatic carbocycles. The molecule has 0 atom stereocenters. The fourth-order valence-corrected chi connectivity index (χ4v) is 2.47. The standard InChI is InChI=1S/C20H23F3N4O2.HI/c1-3-25-19(26-12-14-8-10-15(11-9-14)18(28)24-2)27-13-16-6-4-5-7-17(16)29-20(21,22)23;/h4-11H,3,12-13H2,1-2H3,(H,24,28)(H2,25,26,27);1H. The summed E-state index contributed by atoms with van der Waals surface area (Å²) in [6.07, 6.45) is -4.75. The number of nitrogens with one attached hydrogen (secondary N) is 3. The van der Waals surface area contributed by atoms with E-state index >= 15 is 0 Å². The number of guanidine groups is 1. The minimum atomic E-state index is -4.75. The Morgan fingerprint density at radius 3 is 2.33 bits per heavy atom. The summed E-state index contributed by atoms with van der Waals surface area (Å²) in [6.45, 7) is 2.91. The highest BCUT2D eigenvalue weighted by Gasteiger charge is 2.31. The molecule has 2 aromatic carbocycles. The van der Waals surface area contributed by atoms with Crippen molar-refractivity contribution in [3.8, 4) is 5.75 Å². The maximum Gasteiger partial charge on any atom is 0.573 e. The van der Waals surface area contributed by atoms with Gasteiger partial charge in [-0.2, -0.15) is 0 Å². The van der Waals surface area contributed by atoms with E-state index in [9.17, 15) is 18.0 Å². The van der Waals surface area contributed by atoms with E-state index in [1.54, 1.807) is 43.4 Å². The smallest absolute Gasteiger partial charge is 0.405 e. The molecular formula is C20H24F3IN4O2. The third kappa shape index (κ3) is 8.47. The van der Waals surface area contributed by atoms with Gasteiger partial charge in [-0.1, -0.05) is 30.3 Å². The van der Waals surface area contributed by atoms with Gasteiger partial charge < -0.3 is 20.7 Å². The van der Waals surface area contributed by atoms with Crippen molar-refractivity contribution in [2.24, 2.45) is 4.99 Å². The van der Waals surface area contributed by atoms with Gasteiger partial charge in [-0.15, -0.1) is 37.1 Å². The van der Waals surface area contributed by atoms with Crippen LogP contribution in [0.4, 0.5) is 13.2 Å². The maximum atomic E-state index is 12.5. The molecule has 0 saturated carbocycles. The Hall–Kier alpha value is -2.50. The highest BCUT2D eigenvalue weighted by molar-refractivity contribution is 14.0. The average Bonchev–Trinajstić information content (AvgIpc) is 2.69. The zero-order chi connectivity index (χ0) is 21.3. The Balaban J connectivity index is 0.00000450. The number of para-hydroxylation sites is 1. The molecule has 0 aliphatic heterocycles. The molecule has 0 saturated heterocycles. The van der Waals surface area contributed by atoms with Crippen LogP contribution in [0.1, 0.15) is 28.4 Å². The molecule has 0 unspecified atom stereocenters. The molecule has 30 heavy (non-hydrogen) atoms. The molecule has 2 rings (SSSR count). The molecule has 0 fully saturated rings. The molecule has 0 spiro atoms. The van der Waals surface area contributed by atoms with Crippen molar-refractivity contribution < 1.29 is 22.7 Å². The molecule has 0 aliphatic rings. The van der Waals surface area contributed by atoms with Gasteiger partial charge in [-0.05, 0) is 30.7 Å². The number of hydrogen-bond donors (Lipinski definition) is 3. The first-order chi connectivity index (χ1) is 13.8. The van der Waals surface area contributed by atoms with Crippen molar-refractivity contribution in [2.45, 2.75) is 26.4 Å². The zero-order valence-corrected chi connectivity index (χ0v) is 18.9. The average molecular weight is 536 g/mol. The quantitative estimate of drug-likeness (QED) is 0.286. The fraction of sp³-hybridized carbons (Fsp3) is 0.300. The van der Waals surface area contributed by atoms with Crippen LogP contribution >= 0.6 is 24.0 Å². The highest BCUT2D eigenvalue weighted by Crippen LogP contribution is 2.26. The van der Waals surface area contributed by atoms with E-state index in [0.29, 0.717) is 30.2 Å². The molecule has 0 heterocycles. The molecular weight excluding hydrogens is 512 g/mol. The minimum Gasteiger partial charge on any atom is -0.405 e. The van der Waals surface area contributed by atoms with Crippen LogP contribution < -0.4 is 20.7 Å². The number of hydrogen-bond acceptors (Lipinski definition) is 3. The maximum absolute atomic E-state index is 12.5. The summed E-state index contributed by atoms with van der Waals surface area (Å²) in [7, 11) is 1.56. The van der Waals surface area contributed by atoms with Crippen molar-refractivity contribution in [3.05, 3.63) is 65.2 Å². The second-order valence-corrected chi connectivity index (χ2v) is 5.98. The summed E-state index contributed by atoms with van der Waals surface area (Å²) in [5, 5.41) is 8.59. The first-order valence-electron chi connectivity index (χ1n) is 8.99. The van der Waals surface area contributed by atoms with Gasteiger partial charge in [0.15, 0.2) is 5.96 Å². The zero-order valence-electron chi connectivity index (χ0n) is 16.5. The highest BCUT2D eigenvalue weighted by atomic mass is 127. The summed E-state index contributed by atoms with van der Waals surface area (Å²) in [5.74, 6) is 0.0209. The number of halogens is 4. The first kappa shape index (κ1) is 25.5. The number of carbonyl (C=O) groups excluding carboxylic acids is 1. The van der Waals surface area contributed by atoms with Gasteiger partial charge in [-0.25, -0.2) is 4.99 Å². The van der Waals surface area contributed by atoms with E-state index in [4.69, 9.17) is 0 Å². The van der Waals surface area contributed by atoms with Crippen LogP contribution in [0, 0.1) is 0 Å². The lowest BCUT2D eigenvalue weighted by atomic mass is 10.1. The minimum absolute atomic E-state index is 0. The number of nitrogens with zero attached hydrogens (tertiary/aromatic N) is 1. The van der Waals surface area contributed by atoms with Gasteiger partial charge in [0, 0.05) is 31.3 Å². The van der Waals surface area contributed by atoms with Gasteiger partial charge >= 0.3 is 6.36 Å². The molecule has 3 N–H and O–H groups in total. The molecule has 10 heteroatoms. The Kier molecular flexibility index (Phi) is 10.4.